The molecule has 0 heterocycles. The fourth-order valence-corrected chi connectivity index (χ4v) is 2.06. The molecule has 0 radical (unpaired) electrons. The summed E-state index contributed by atoms with van der Waals surface area (Å²) >= 11 is 0. The van der Waals surface area contributed by atoms with Crippen LogP contribution in [0.4, 0.5) is 24.5 Å². The van der Waals surface area contributed by atoms with Gasteiger partial charge >= 0.3 is 12.1 Å². The number of non-ortho nitro benzene ring substituents is 1. The number of anilines is 1. The number of nitro groups is 1. The Morgan fingerprint density at radius 3 is 2.54 bits per heavy atom. The molecule has 0 bridgehead atoms. The molecule has 10 heteroatoms. The largest absolute Gasteiger partial charge is 0.452 e. The maximum absolute atomic E-state index is 12.6. The highest BCUT2D eigenvalue weighted by Crippen LogP contribution is 2.29. The molecule has 146 valence electrons. The Morgan fingerprint density at radius 2 is 1.86 bits per heavy atom. The van der Waals surface area contributed by atoms with Gasteiger partial charge in [-0.2, -0.15) is 13.2 Å². The van der Waals surface area contributed by atoms with Crippen LogP contribution < -0.4 is 5.32 Å². The lowest BCUT2D eigenvalue weighted by Gasteiger charge is -2.07. The lowest BCUT2D eigenvalue weighted by Crippen LogP contribution is -2.20. The molecule has 0 saturated heterocycles. The molecular formula is C18H13F3N2O5. The van der Waals surface area contributed by atoms with E-state index in [0.29, 0.717) is 0 Å². The Kier molecular flexibility index (Phi) is 6.48. The van der Waals surface area contributed by atoms with E-state index < -0.39 is 35.1 Å². The van der Waals surface area contributed by atoms with Crippen molar-refractivity contribution in [1.29, 1.82) is 0 Å². The number of ether oxygens (including phenoxy) is 1. The third-order valence-corrected chi connectivity index (χ3v) is 3.31. The van der Waals surface area contributed by atoms with Crippen LogP contribution in [0.2, 0.25) is 0 Å². The van der Waals surface area contributed by atoms with Gasteiger partial charge in [-0.05, 0) is 29.8 Å². The third kappa shape index (κ3) is 6.24. The fourth-order valence-electron chi connectivity index (χ4n) is 2.06. The van der Waals surface area contributed by atoms with Crippen LogP contribution in [0.5, 0.6) is 0 Å². The minimum absolute atomic E-state index is 0.132. The molecule has 0 aliphatic carbocycles. The molecule has 7 nitrogen and oxygen atoms in total. The average Bonchev–Trinajstić information content (AvgIpc) is 2.64. The van der Waals surface area contributed by atoms with Crippen LogP contribution in [0, 0.1) is 10.1 Å². The van der Waals surface area contributed by atoms with Crippen molar-refractivity contribution >= 4 is 29.3 Å². The van der Waals surface area contributed by atoms with Crippen LogP contribution in [-0.4, -0.2) is 23.4 Å². The smallest absolute Gasteiger partial charge is 0.416 e. The first-order valence-electron chi connectivity index (χ1n) is 7.71. The van der Waals surface area contributed by atoms with Crippen molar-refractivity contribution < 1.29 is 32.4 Å². The number of carbonyl (C=O) groups excluding carboxylic acids is 2. The van der Waals surface area contributed by atoms with E-state index in [1.54, 1.807) is 0 Å². The SMILES string of the molecule is O=C(COC(=O)/C=C/c1cccc(C(F)(F)F)c1)Nc1cccc([N+](=O)[O-])c1. The molecule has 0 fully saturated rings. The summed E-state index contributed by atoms with van der Waals surface area (Å²) in [6.07, 6.45) is -2.50. The standard InChI is InChI=1S/C18H13F3N2O5/c19-18(20,21)13-4-1-3-12(9-13)7-8-17(25)28-11-16(24)22-14-5-2-6-15(10-14)23(26)27/h1-10H,11H2,(H,22,24)/b8-7+. The molecule has 0 saturated carbocycles. The molecule has 1 amide bonds. The van der Waals surface area contributed by atoms with E-state index in [1.165, 1.54) is 30.3 Å². The Balaban J connectivity index is 1.88. The van der Waals surface area contributed by atoms with E-state index in [4.69, 9.17) is 0 Å². The Labute approximate surface area is 156 Å². The van der Waals surface area contributed by atoms with Crippen LogP contribution in [0.15, 0.2) is 54.6 Å². The summed E-state index contributed by atoms with van der Waals surface area (Å²) in [6.45, 7) is -0.672. The maximum Gasteiger partial charge on any atom is 0.416 e. The molecule has 2 rings (SSSR count). The second-order valence-electron chi connectivity index (χ2n) is 5.42. The molecule has 0 unspecified atom stereocenters. The van der Waals surface area contributed by atoms with E-state index in [1.807, 2.05) is 0 Å². The predicted molar refractivity (Wildman–Crippen MR) is 93.2 cm³/mol. The van der Waals surface area contributed by atoms with Crippen LogP contribution in [0.3, 0.4) is 0 Å². The first-order valence-corrected chi connectivity index (χ1v) is 7.71. The van der Waals surface area contributed by atoms with E-state index >= 15 is 0 Å². The highest BCUT2D eigenvalue weighted by Gasteiger charge is 2.30. The van der Waals surface area contributed by atoms with Crippen molar-refractivity contribution in [1.82, 2.24) is 0 Å². The van der Waals surface area contributed by atoms with Crippen LogP contribution in [0.25, 0.3) is 6.08 Å². The van der Waals surface area contributed by atoms with Crippen molar-refractivity contribution in [3.05, 3.63) is 75.8 Å². The number of hydrogen-bond donors (Lipinski definition) is 1. The monoisotopic (exact) mass is 394 g/mol. The van der Waals surface area contributed by atoms with E-state index in [0.717, 1.165) is 30.4 Å². The van der Waals surface area contributed by atoms with Crippen LogP contribution in [-0.2, 0) is 20.5 Å². The summed E-state index contributed by atoms with van der Waals surface area (Å²) in [5.74, 6) is -1.67. The first kappa shape index (κ1) is 20.6. The van der Waals surface area contributed by atoms with Crippen molar-refractivity contribution in [3.8, 4) is 0 Å². The quantitative estimate of drug-likeness (QED) is 0.348. The Hall–Kier alpha value is -3.69. The van der Waals surface area contributed by atoms with Crippen LogP contribution >= 0.6 is 0 Å². The molecule has 0 aliphatic heterocycles. The molecule has 0 aromatic heterocycles. The second kappa shape index (κ2) is 8.80. The number of alkyl halides is 3. The van der Waals surface area contributed by atoms with Gasteiger partial charge in [0.1, 0.15) is 0 Å². The van der Waals surface area contributed by atoms with Gasteiger partial charge in [0.25, 0.3) is 11.6 Å². The van der Waals surface area contributed by atoms with Crippen molar-refractivity contribution in [3.63, 3.8) is 0 Å². The van der Waals surface area contributed by atoms with Gasteiger partial charge in [-0.25, -0.2) is 4.79 Å². The van der Waals surface area contributed by atoms with E-state index in [-0.39, 0.29) is 16.9 Å². The highest BCUT2D eigenvalue weighted by molar-refractivity contribution is 5.94. The molecule has 2 aromatic rings. The van der Waals surface area contributed by atoms with Crippen molar-refractivity contribution in [2.24, 2.45) is 0 Å². The van der Waals surface area contributed by atoms with Crippen molar-refractivity contribution in [2.45, 2.75) is 6.18 Å². The summed E-state index contributed by atoms with van der Waals surface area (Å²) in [5, 5.41) is 13.0. The third-order valence-electron chi connectivity index (χ3n) is 3.31. The summed E-state index contributed by atoms with van der Waals surface area (Å²) in [5.41, 5.74) is -0.805. The minimum Gasteiger partial charge on any atom is -0.452 e. The molecular weight excluding hydrogens is 381 g/mol. The number of nitrogens with one attached hydrogen (secondary N) is 1. The van der Waals surface area contributed by atoms with E-state index in [2.05, 4.69) is 10.1 Å². The summed E-state index contributed by atoms with van der Waals surface area (Å²) in [6, 6.07) is 9.49. The summed E-state index contributed by atoms with van der Waals surface area (Å²) in [7, 11) is 0. The van der Waals surface area contributed by atoms with Gasteiger partial charge in [0.2, 0.25) is 0 Å². The molecule has 0 spiro atoms. The number of benzene rings is 2. The van der Waals surface area contributed by atoms with Gasteiger partial charge in [0.05, 0.1) is 10.5 Å². The summed E-state index contributed by atoms with van der Waals surface area (Å²) < 4.78 is 42.6. The van der Waals surface area contributed by atoms with Gasteiger partial charge in [-0.3, -0.25) is 14.9 Å². The number of hydrogen-bond acceptors (Lipinski definition) is 5. The second-order valence-corrected chi connectivity index (χ2v) is 5.42. The number of esters is 1. The number of halogens is 3. The molecule has 28 heavy (non-hydrogen) atoms. The van der Waals surface area contributed by atoms with Crippen LogP contribution in [0.1, 0.15) is 11.1 Å². The summed E-state index contributed by atoms with van der Waals surface area (Å²) in [4.78, 5) is 33.4. The van der Waals surface area contributed by atoms with Gasteiger partial charge in [-0.15, -0.1) is 0 Å². The zero-order valence-corrected chi connectivity index (χ0v) is 14.1. The normalized spacial score (nSPS) is 11.2. The highest BCUT2D eigenvalue weighted by atomic mass is 19.4. The lowest BCUT2D eigenvalue weighted by molar-refractivity contribution is -0.384. The van der Waals surface area contributed by atoms with E-state index in [9.17, 15) is 32.9 Å². The Morgan fingerprint density at radius 1 is 1.14 bits per heavy atom. The molecule has 2 aromatic carbocycles. The topological polar surface area (TPSA) is 98.5 Å². The number of nitrogens with zero attached hydrogens (tertiary/aromatic N) is 1. The zero-order chi connectivity index (χ0) is 20.7. The molecule has 1 N–H and O–H groups in total. The average molecular weight is 394 g/mol. The number of amides is 1. The predicted octanol–water partition coefficient (Wildman–Crippen LogP) is 3.81. The fraction of sp³-hybridized carbons (Fsp3) is 0.111. The number of rotatable bonds is 6. The van der Waals surface area contributed by atoms with Gasteiger partial charge in [0.15, 0.2) is 6.61 Å². The molecule has 0 atom stereocenters. The lowest BCUT2D eigenvalue weighted by atomic mass is 10.1. The first-order chi connectivity index (χ1) is 13.1. The molecule has 0 aliphatic rings. The minimum atomic E-state index is -4.51. The number of nitro benzene ring substituents is 1. The van der Waals surface area contributed by atoms with Gasteiger partial charge in [-0.1, -0.05) is 18.2 Å². The number of carbonyl (C=O) groups is 2. The zero-order valence-electron chi connectivity index (χ0n) is 14.1. The van der Waals surface area contributed by atoms with Gasteiger partial charge < -0.3 is 10.1 Å². The Bertz CT molecular complexity index is 925. The maximum atomic E-state index is 12.6. The van der Waals surface area contributed by atoms with Gasteiger partial charge in [0, 0.05) is 23.9 Å². The van der Waals surface area contributed by atoms with Crippen molar-refractivity contribution in [2.75, 3.05) is 11.9 Å².